The fourth-order valence-corrected chi connectivity index (χ4v) is 3.84. The van der Waals surface area contributed by atoms with E-state index < -0.39 is 29.7 Å². The van der Waals surface area contributed by atoms with Gasteiger partial charge in [-0.05, 0) is 40.2 Å². The van der Waals surface area contributed by atoms with Crippen LogP contribution in [0.15, 0.2) is 40.8 Å². The third kappa shape index (κ3) is 5.80. The Bertz CT molecular complexity index is 846. The molecule has 1 unspecified atom stereocenters. The summed E-state index contributed by atoms with van der Waals surface area (Å²) >= 11 is 6.40. The number of hydrogen-bond acceptors (Lipinski definition) is 7. The van der Waals surface area contributed by atoms with Crippen molar-refractivity contribution < 1.29 is 23.9 Å². The van der Waals surface area contributed by atoms with E-state index in [1.54, 1.807) is 52.0 Å². The van der Waals surface area contributed by atoms with Gasteiger partial charge < -0.3 is 9.47 Å². The average Bonchev–Trinajstić information content (AvgIpc) is 2.93. The highest BCUT2D eigenvalue weighted by molar-refractivity contribution is 8.26. The summed E-state index contributed by atoms with van der Waals surface area (Å²) in [6, 6.07) is 8.93. The zero-order valence-electron chi connectivity index (χ0n) is 17.0. The number of ether oxygens (including phenoxy) is 2. The molecule has 1 aliphatic heterocycles. The average molecular weight is 437 g/mol. The van der Waals surface area contributed by atoms with Gasteiger partial charge in [0.25, 0.3) is 5.91 Å². The summed E-state index contributed by atoms with van der Waals surface area (Å²) in [5.74, 6) is -1.06. The van der Waals surface area contributed by atoms with E-state index in [0.29, 0.717) is 5.56 Å². The van der Waals surface area contributed by atoms with E-state index in [-0.39, 0.29) is 21.4 Å². The number of amides is 2. The van der Waals surface area contributed by atoms with Crippen LogP contribution in [0.2, 0.25) is 0 Å². The molecule has 2 rings (SSSR count). The van der Waals surface area contributed by atoms with Crippen molar-refractivity contribution in [1.82, 2.24) is 10.2 Å². The lowest BCUT2D eigenvalue weighted by molar-refractivity contribution is -0.139. The van der Waals surface area contributed by atoms with Crippen LogP contribution in [0.25, 0.3) is 0 Å². The molecule has 1 fully saturated rings. The molecule has 0 spiro atoms. The van der Waals surface area contributed by atoms with Crippen LogP contribution in [0.5, 0.6) is 0 Å². The van der Waals surface area contributed by atoms with Gasteiger partial charge in [-0.25, -0.2) is 9.59 Å². The van der Waals surface area contributed by atoms with Gasteiger partial charge in [-0.3, -0.25) is 15.0 Å². The molecule has 156 valence electrons. The number of rotatable bonds is 5. The zero-order chi connectivity index (χ0) is 21.8. The van der Waals surface area contributed by atoms with Crippen molar-refractivity contribution in [2.75, 3.05) is 6.61 Å². The number of esters is 1. The van der Waals surface area contributed by atoms with Crippen molar-refractivity contribution in [3.8, 4) is 0 Å². The van der Waals surface area contributed by atoms with E-state index in [1.165, 1.54) is 11.8 Å². The smallest absolute Gasteiger partial charge is 0.409 e. The van der Waals surface area contributed by atoms with Crippen molar-refractivity contribution in [1.29, 1.82) is 0 Å². The second kappa shape index (κ2) is 9.41. The Morgan fingerprint density at radius 3 is 2.41 bits per heavy atom. The molecule has 1 N–H and O–H groups in total. The minimum Gasteiger partial charge on any atom is -0.463 e. The summed E-state index contributed by atoms with van der Waals surface area (Å²) in [5, 5.41) is 2.71. The van der Waals surface area contributed by atoms with Crippen LogP contribution in [0.4, 0.5) is 4.79 Å². The quantitative estimate of drug-likeness (QED) is 0.426. The molecule has 1 aromatic carbocycles. The summed E-state index contributed by atoms with van der Waals surface area (Å²) in [6.45, 7) is 8.64. The van der Waals surface area contributed by atoms with E-state index in [9.17, 15) is 14.4 Å². The van der Waals surface area contributed by atoms with Crippen LogP contribution < -0.4 is 5.32 Å². The minimum atomic E-state index is -0.883. The lowest BCUT2D eigenvalue weighted by Crippen LogP contribution is -2.45. The SMILES string of the molecule is CCOC(=O)/C(C)=C1\SC(=S)N(C(NC(=O)OC(C)(C)C)c2ccccc2)C1=O. The molecular weight excluding hydrogens is 412 g/mol. The van der Waals surface area contributed by atoms with Crippen molar-refractivity contribution in [2.45, 2.75) is 46.4 Å². The molecule has 0 aromatic heterocycles. The number of hydrogen-bond donors (Lipinski definition) is 1. The maximum atomic E-state index is 13.1. The largest absolute Gasteiger partial charge is 0.463 e. The highest BCUT2D eigenvalue weighted by Crippen LogP contribution is 2.38. The molecule has 1 aliphatic rings. The topological polar surface area (TPSA) is 84.9 Å². The van der Waals surface area contributed by atoms with Gasteiger partial charge in [-0.1, -0.05) is 54.3 Å². The first-order valence-corrected chi connectivity index (χ1v) is 10.3. The fourth-order valence-electron chi connectivity index (χ4n) is 2.52. The Morgan fingerprint density at radius 1 is 1.24 bits per heavy atom. The van der Waals surface area contributed by atoms with Crippen molar-refractivity contribution in [3.05, 3.63) is 46.4 Å². The van der Waals surface area contributed by atoms with Gasteiger partial charge >= 0.3 is 12.1 Å². The monoisotopic (exact) mass is 436 g/mol. The summed E-state index contributed by atoms with van der Waals surface area (Å²) in [5.41, 5.74) is 0.113. The van der Waals surface area contributed by atoms with E-state index in [2.05, 4.69) is 5.32 Å². The second-order valence-corrected chi connectivity index (χ2v) is 8.82. The van der Waals surface area contributed by atoms with Crippen LogP contribution in [-0.4, -0.2) is 39.4 Å². The third-order valence-corrected chi connectivity index (χ3v) is 5.25. The molecule has 0 saturated carbocycles. The first kappa shape index (κ1) is 22.9. The summed E-state index contributed by atoms with van der Waals surface area (Å²) in [4.78, 5) is 39.0. The van der Waals surface area contributed by atoms with E-state index in [1.807, 2.05) is 6.07 Å². The van der Waals surface area contributed by atoms with Crippen LogP contribution in [-0.2, 0) is 19.1 Å². The van der Waals surface area contributed by atoms with Crippen molar-refractivity contribution >= 4 is 46.3 Å². The molecule has 1 heterocycles. The van der Waals surface area contributed by atoms with Gasteiger partial charge in [0.05, 0.1) is 17.1 Å². The zero-order valence-corrected chi connectivity index (χ0v) is 18.6. The molecule has 29 heavy (non-hydrogen) atoms. The highest BCUT2D eigenvalue weighted by atomic mass is 32.2. The maximum absolute atomic E-state index is 13.1. The molecule has 0 radical (unpaired) electrons. The van der Waals surface area contributed by atoms with Crippen LogP contribution in [0.1, 0.15) is 46.3 Å². The first-order valence-electron chi connectivity index (χ1n) is 9.03. The number of thiocarbonyl (C=S) groups is 1. The minimum absolute atomic E-state index is 0.177. The molecule has 7 nitrogen and oxygen atoms in total. The number of alkyl carbamates (subject to hydrolysis) is 1. The molecule has 0 bridgehead atoms. The van der Waals surface area contributed by atoms with Crippen LogP contribution >= 0.6 is 24.0 Å². The van der Waals surface area contributed by atoms with Crippen molar-refractivity contribution in [3.63, 3.8) is 0 Å². The van der Waals surface area contributed by atoms with Gasteiger partial charge in [0, 0.05) is 0 Å². The number of carbonyl (C=O) groups is 3. The second-order valence-electron chi connectivity index (χ2n) is 7.18. The Morgan fingerprint density at radius 2 is 1.86 bits per heavy atom. The number of thioether (sulfide) groups is 1. The molecule has 2 amide bonds. The standard InChI is InChI=1S/C20H24N2O5S2/c1-6-26-17(24)12(2)14-16(23)22(19(28)29-14)15(13-10-8-7-9-11-13)21-18(25)27-20(3,4)5/h7-11,15H,6H2,1-5H3,(H,21,25)/b14-12-. The predicted molar refractivity (Wildman–Crippen MR) is 115 cm³/mol. The van der Waals surface area contributed by atoms with Crippen LogP contribution in [0, 0.1) is 0 Å². The number of nitrogens with one attached hydrogen (secondary N) is 1. The number of benzene rings is 1. The number of nitrogens with zero attached hydrogens (tertiary/aromatic N) is 1. The van der Waals surface area contributed by atoms with Gasteiger partial charge in [0.1, 0.15) is 16.1 Å². The van der Waals surface area contributed by atoms with Gasteiger partial charge in [0.2, 0.25) is 0 Å². The first-order chi connectivity index (χ1) is 13.5. The predicted octanol–water partition coefficient (Wildman–Crippen LogP) is 3.91. The Balaban J connectivity index is 2.39. The Hall–Kier alpha value is -2.39. The molecule has 1 atom stereocenters. The Kier molecular flexibility index (Phi) is 7.43. The maximum Gasteiger partial charge on any atom is 0.409 e. The summed E-state index contributed by atoms with van der Waals surface area (Å²) in [7, 11) is 0. The van der Waals surface area contributed by atoms with Gasteiger partial charge in [-0.2, -0.15) is 0 Å². The molecule has 1 aromatic rings. The fraction of sp³-hybridized carbons (Fsp3) is 0.400. The molecular formula is C20H24N2O5S2. The molecule has 0 aliphatic carbocycles. The molecule has 1 saturated heterocycles. The third-order valence-electron chi connectivity index (χ3n) is 3.75. The summed E-state index contributed by atoms with van der Waals surface area (Å²) < 4.78 is 10.5. The van der Waals surface area contributed by atoms with Gasteiger partial charge in [0.15, 0.2) is 0 Å². The summed E-state index contributed by atoms with van der Waals surface area (Å²) in [6.07, 6.45) is -1.57. The van der Waals surface area contributed by atoms with E-state index in [4.69, 9.17) is 21.7 Å². The Labute approximate surface area is 179 Å². The molecule has 9 heteroatoms. The van der Waals surface area contributed by atoms with Gasteiger partial charge in [-0.15, -0.1) is 0 Å². The van der Waals surface area contributed by atoms with E-state index in [0.717, 1.165) is 11.8 Å². The normalized spacial score (nSPS) is 17.1. The number of carbonyl (C=O) groups excluding carboxylic acids is 3. The lowest BCUT2D eigenvalue weighted by Gasteiger charge is -2.29. The van der Waals surface area contributed by atoms with E-state index >= 15 is 0 Å². The van der Waals surface area contributed by atoms with Crippen molar-refractivity contribution in [2.24, 2.45) is 0 Å². The highest BCUT2D eigenvalue weighted by Gasteiger charge is 2.41. The lowest BCUT2D eigenvalue weighted by atomic mass is 10.1. The van der Waals surface area contributed by atoms with Crippen LogP contribution in [0.3, 0.4) is 0 Å².